The molecule has 78 valence electrons. The van der Waals surface area contributed by atoms with Crippen LogP contribution in [-0.2, 0) is 10.0 Å². The van der Waals surface area contributed by atoms with Gasteiger partial charge in [0.1, 0.15) is 11.2 Å². The van der Waals surface area contributed by atoms with Crippen molar-refractivity contribution in [1.82, 2.24) is 14.8 Å². The largest absolute Gasteiger partial charge is 0.363 e. The van der Waals surface area contributed by atoms with E-state index in [1.165, 1.54) is 10.5 Å². The number of nitrogens with one attached hydrogen (secondary N) is 1. The number of hydrogen-bond donors (Lipinski definition) is 1. The maximum absolute atomic E-state index is 11.8. The minimum Gasteiger partial charge on any atom is -0.363 e. The zero-order chi connectivity index (χ0) is 10.0. The Morgan fingerprint density at radius 3 is 2.71 bits per heavy atom. The fourth-order valence-electron chi connectivity index (χ4n) is 1.36. The summed E-state index contributed by atoms with van der Waals surface area (Å²) in [6, 6.07) is 0. The molecule has 2 rings (SSSR count). The molecule has 0 bridgehead atoms. The Bertz CT molecular complexity index is 380. The molecule has 1 aromatic heterocycles. The molecule has 6 nitrogen and oxygen atoms in total. The fraction of sp³-hybridized carbons (Fsp3) is 0.571. The minimum atomic E-state index is -3.38. The van der Waals surface area contributed by atoms with Crippen LogP contribution in [0.2, 0.25) is 0 Å². The van der Waals surface area contributed by atoms with Gasteiger partial charge in [-0.2, -0.15) is 4.31 Å². The van der Waals surface area contributed by atoms with E-state index < -0.39 is 10.0 Å². The maximum atomic E-state index is 11.8. The molecule has 1 fully saturated rings. The summed E-state index contributed by atoms with van der Waals surface area (Å²) >= 11 is 0. The van der Waals surface area contributed by atoms with Crippen LogP contribution in [0.5, 0.6) is 0 Å². The molecule has 0 amide bonds. The lowest BCUT2D eigenvalue weighted by Crippen LogP contribution is -2.46. The van der Waals surface area contributed by atoms with Crippen LogP contribution in [0, 0.1) is 0 Å². The van der Waals surface area contributed by atoms with E-state index in [0.717, 1.165) is 6.26 Å². The highest BCUT2D eigenvalue weighted by Crippen LogP contribution is 2.14. The molecule has 1 N–H and O–H groups in total. The molecule has 1 aliphatic heterocycles. The average Bonchev–Trinajstić information content (AvgIpc) is 2.72. The maximum Gasteiger partial charge on any atom is 0.248 e. The van der Waals surface area contributed by atoms with Crippen LogP contribution >= 0.6 is 0 Å². The van der Waals surface area contributed by atoms with Crippen molar-refractivity contribution in [3.05, 3.63) is 12.5 Å². The van der Waals surface area contributed by atoms with Crippen LogP contribution in [0.3, 0.4) is 0 Å². The van der Waals surface area contributed by atoms with Gasteiger partial charge in [0.25, 0.3) is 0 Å². The van der Waals surface area contributed by atoms with Crippen molar-refractivity contribution in [1.29, 1.82) is 0 Å². The first kappa shape index (κ1) is 9.63. The predicted octanol–water partition coefficient (Wildman–Crippen LogP) is -0.731. The Morgan fingerprint density at radius 1 is 1.43 bits per heavy atom. The summed E-state index contributed by atoms with van der Waals surface area (Å²) < 4.78 is 29.6. The number of nitrogens with zero attached hydrogens (tertiary/aromatic N) is 2. The van der Waals surface area contributed by atoms with E-state index in [0.29, 0.717) is 26.2 Å². The zero-order valence-corrected chi connectivity index (χ0v) is 8.33. The molecule has 0 spiro atoms. The van der Waals surface area contributed by atoms with Gasteiger partial charge in [-0.15, -0.1) is 0 Å². The molecule has 0 aliphatic carbocycles. The van der Waals surface area contributed by atoms with Crippen LogP contribution in [-0.4, -0.2) is 44.1 Å². The molecule has 2 heterocycles. The van der Waals surface area contributed by atoms with Crippen molar-refractivity contribution in [2.24, 2.45) is 0 Å². The number of rotatable bonds is 2. The first-order valence-corrected chi connectivity index (χ1v) is 5.75. The molecule has 7 heteroatoms. The summed E-state index contributed by atoms with van der Waals surface area (Å²) in [7, 11) is -3.38. The van der Waals surface area contributed by atoms with Gasteiger partial charge in [-0.3, -0.25) is 0 Å². The first-order valence-electron chi connectivity index (χ1n) is 4.31. The van der Waals surface area contributed by atoms with E-state index in [1.807, 2.05) is 0 Å². The summed E-state index contributed by atoms with van der Waals surface area (Å²) in [5.74, 6) is 0. The van der Waals surface area contributed by atoms with Gasteiger partial charge in [-0.25, -0.2) is 8.42 Å². The molecule has 0 saturated carbocycles. The summed E-state index contributed by atoms with van der Waals surface area (Å²) in [6.07, 6.45) is 2.37. The van der Waals surface area contributed by atoms with E-state index in [1.54, 1.807) is 0 Å². The third kappa shape index (κ3) is 1.66. The third-order valence-corrected chi connectivity index (χ3v) is 3.97. The molecule has 0 aromatic carbocycles. The first-order chi connectivity index (χ1) is 6.71. The molecule has 0 atom stereocenters. The summed E-state index contributed by atoms with van der Waals surface area (Å²) in [5.41, 5.74) is 0. The van der Waals surface area contributed by atoms with Gasteiger partial charge in [0, 0.05) is 26.2 Å². The van der Waals surface area contributed by atoms with E-state index in [9.17, 15) is 8.42 Å². The van der Waals surface area contributed by atoms with Gasteiger partial charge < -0.3 is 9.84 Å². The van der Waals surface area contributed by atoms with Gasteiger partial charge in [0.15, 0.2) is 0 Å². The Balaban J connectivity index is 2.23. The van der Waals surface area contributed by atoms with Gasteiger partial charge in [0.2, 0.25) is 10.0 Å². The number of sulfonamides is 1. The highest BCUT2D eigenvalue weighted by Gasteiger charge is 2.26. The average molecular weight is 217 g/mol. The molecule has 0 unspecified atom stereocenters. The molecule has 1 aliphatic rings. The van der Waals surface area contributed by atoms with E-state index >= 15 is 0 Å². The number of hydrogen-bond acceptors (Lipinski definition) is 5. The zero-order valence-electron chi connectivity index (χ0n) is 7.51. The lowest BCUT2D eigenvalue weighted by Gasteiger charge is -2.25. The molecular weight excluding hydrogens is 206 g/mol. The smallest absolute Gasteiger partial charge is 0.248 e. The van der Waals surface area contributed by atoms with Gasteiger partial charge in [0.05, 0.1) is 6.20 Å². The normalized spacial score (nSPS) is 19.7. The van der Waals surface area contributed by atoms with Gasteiger partial charge in [-0.1, -0.05) is 5.16 Å². The van der Waals surface area contributed by atoms with Crippen LogP contribution in [0.1, 0.15) is 0 Å². The second kappa shape index (κ2) is 3.68. The highest BCUT2D eigenvalue weighted by atomic mass is 32.2. The Labute approximate surface area is 81.9 Å². The Morgan fingerprint density at radius 2 is 2.14 bits per heavy atom. The second-order valence-electron chi connectivity index (χ2n) is 3.01. The molecule has 1 aromatic rings. The summed E-state index contributed by atoms with van der Waals surface area (Å²) in [4.78, 5) is 0.124. The molecule has 1 saturated heterocycles. The van der Waals surface area contributed by atoms with E-state index in [-0.39, 0.29) is 4.90 Å². The summed E-state index contributed by atoms with van der Waals surface area (Å²) in [6.45, 7) is 2.36. The van der Waals surface area contributed by atoms with E-state index in [4.69, 9.17) is 0 Å². The number of piperazine rings is 1. The van der Waals surface area contributed by atoms with Crippen molar-refractivity contribution in [3.8, 4) is 0 Å². The van der Waals surface area contributed by atoms with Crippen molar-refractivity contribution < 1.29 is 12.9 Å². The molecule has 14 heavy (non-hydrogen) atoms. The molecular formula is C7H11N3O3S. The lowest BCUT2D eigenvalue weighted by atomic mass is 10.4. The SMILES string of the molecule is O=S(=O)(c1cnoc1)N1CCNCC1. The lowest BCUT2D eigenvalue weighted by molar-refractivity contribution is 0.359. The van der Waals surface area contributed by atoms with Crippen molar-refractivity contribution in [2.45, 2.75) is 4.90 Å². The Kier molecular flexibility index (Phi) is 2.53. The number of aromatic nitrogens is 1. The minimum absolute atomic E-state index is 0.124. The van der Waals surface area contributed by atoms with Crippen LogP contribution in [0.15, 0.2) is 21.9 Å². The topological polar surface area (TPSA) is 75.4 Å². The van der Waals surface area contributed by atoms with Crippen LogP contribution in [0.4, 0.5) is 0 Å². The third-order valence-electron chi connectivity index (χ3n) is 2.12. The standard InChI is InChI=1S/C7H11N3O3S/c11-14(12,7-5-9-13-6-7)10-3-1-8-2-4-10/h5-6,8H,1-4H2. The van der Waals surface area contributed by atoms with E-state index in [2.05, 4.69) is 15.0 Å². The molecule has 0 radical (unpaired) electrons. The summed E-state index contributed by atoms with van der Waals surface area (Å²) in [5, 5.41) is 6.47. The van der Waals surface area contributed by atoms with Crippen molar-refractivity contribution in [3.63, 3.8) is 0 Å². The fourth-order valence-corrected chi connectivity index (χ4v) is 2.66. The van der Waals surface area contributed by atoms with Crippen molar-refractivity contribution in [2.75, 3.05) is 26.2 Å². The van der Waals surface area contributed by atoms with Crippen molar-refractivity contribution >= 4 is 10.0 Å². The monoisotopic (exact) mass is 217 g/mol. The van der Waals surface area contributed by atoms with Crippen LogP contribution < -0.4 is 5.32 Å². The quantitative estimate of drug-likeness (QED) is 0.706. The Hall–Kier alpha value is -0.920. The second-order valence-corrected chi connectivity index (χ2v) is 4.95. The van der Waals surface area contributed by atoms with Gasteiger partial charge in [-0.05, 0) is 0 Å². The highest BCUT2D eigenvalue weighted by molar-refractivity contribution is 7.89. The van der Waals surface area contributed by atoms with Gasteiger partial charge >= 0.3 is 0 Å². The van der Waals surface area contributed by atoms with Crippen LogP contribution in [0.25, 0.3) is 0 Å². The predicted molar refractivity (Wildman–Crippen MR) is 48.1 cm³/mol.